The summed E-state index contributed by atoms with van der Waals surface area (Å²) < 4.78 is 17.6. The molecule has 1 N–H and O–H groups in total. The summed E-state index contributed by atoms with van der Waals surface area (Å²) in [6, 6.07) is 17.3. The maximum absolute atomic E-state index is 11.0. The predicted octanol–water partition coefficient (Wildman–Crippen LogP) is 7.20. The molecule has 0 aliphatic heterocycles. The van der Waals surface area contributed by atoms with E-state index in [0.717, 1.165) is 64.5 Å². The predicted molar refractivity (Wildman–Crippen MR) is 146 cm³/mol. The Morgan fingerprint density at radius 1 is 0.919 bits per heavy atom. The van der Waals surface area contributed by atoms with E-state index in [1.54, 1.807) is 23.9 Å². The van der Waals surface area contributed by atoms with Crippen LogP contribution < -0.4 is 14.2 Å². The van der Waals surface area contributed by atoms with E-state index in [2.05, 4.69) is 17.9 Å². The average Bonchev–Trinajstić information content (AvgIpc) is 2.91. The van der Waals surface area contributed by atoms with E-state index in [9.17, 15) is 4.79 Å². The summed E-state index contributed by atoms with van der Waals surface area (Å²) in [6.07, 6.45) is 4.77. The first-order chi connectivity index (χ1) is 18.0. The molecule has 1 aliphatic carbocycles. The number of halogens is 1. The molecule has 3 aromatic rings. The average molecular weight is 537 g/mol. The van der Waals surface area contributed by atoms with Crippen molar-refractivity contribution in [2.24, 2.45) is 0 Å². The molecule has 0 aromatic heterocycles. The summed E-state index contributed by atoms with van der Waals surface area (Å²) in [5.74, 6) is 7.29. The molecule has 0 fully saturated rings. The lowest BCUT2D eigenvalue weighted by Crippen LogP contribution is -2.13. The Bertz CT molecular complexity index is 1290. The van der Waals surface area contributed by atoms with Crippen molar-refractivity contribution >= 4 is 29.3 Å². The topological polar surface area (TPSA) is 65.0 Å². The summed E-state index contributed by atoms with van der Waals surface area (Å²) in [7, 11) is 0. The molecule has 192 valence electrons. The van der Waals surface area contributed by atoms with Gasteiger partial charge in [0, 0.05) is 16.3 Å². The van der Waals surface area contributed by atoms with Gasteiger partial charge >= 0.3 is 5.97 Å². The van der Waals surface area contributed by atoms with Gasteiger partial charge in [0.1, 0.15) is 30.5 Å². The van der Waals surface area contributed by atoms with E-state index in [1.165, 1.54) is 5.56 Å². The molecule has 1 aliphatic rings. The Balaban J connectivity index is 1.57. The molecule has 0 saturated carbocycles. The zero-order chi connectivity index (χ0) is 26.0. The highest BCUT2D eigenvalue weighted by Gasteiger charge is 2.20. The third-order valence-electron chi connectivity index (χ3n) is 5.85. The van der Waals surface area contributed by atoms with Gasteiger partial charge in [0.05, 0.1) is 4.90 Å². The van der Waals surface area contributed by atoms with Crippen LogP contribution in [0.25, 0.3) is 0 Å². The second-order valence-corrected chi connectivity index (χ2v) is 10.1. The lowest BCUT2D eigenvalue weighted by Gasteiger charge is -2.22. The monoisotopic (exact) mass is 536 g/mol. The van der Waals surface area contributed by atoms with Crippen LogP contribution in [0.3, 0.4) is 0 Å². The summed E-state index contributed by atoms with van der Waals surface area (Å²) in [5, 5.41) is 9.70. The molecule has 0 amide bonds. The highest BCUT2D eigenvalue weighted by Crippen LogP contribution is 2.42. The van der Waals surface area contributed by atoms with Gasteiger partial charge in [-0.3, -0.25) is 0 Å². The van der Waals surface area contributed by atoms with Gasteiger partial charge in [-0.25, -0.2) is 4.79 Å². The Morgan fingerprint density at radius 2 is 1.68 bits per heavy atom. The maximum atomic E-state index is 11.0. The Hall–Kier alpha value is -3.27. The van der Waals surface area contributed by atoms with Crippen molar-refractivity contribution in [2.45, 2.75) is 55.4 Å². The van der Waals surface area contributed by atoms with Crippen molar-refractivity contribution in [1.29, 1.82) is 0 Å². The first kappa shape index (κ1) is 26.8. The molecule has 0 unspecified atom stereocenters. The lowest BCUT2D eigenvalue weighted by atomic mass is 9.91. The number of ether oxygens (including phenoxy) is 3. The summed E-state index contributed by atoms with van der Waals surface area (Å²) >= 11 is 7.62. The first-order valence-corrected chi connectivity index (χ1v) is 13.5. The molecule has 4 rings (SSSR count). The van der Waals surface area contributed by atoms with Gasteiger partial charge in [-0.15, -0.1) is 5.92 Å². The summed E-state index contributed by atoms with van der Waals surface area (Å²) in [5.41, 5.74) is 3.32. The van der Waals surface area contributed by atoms with E-state index >= 15 is 0 Å². The number of hydrogen-bond acceptors (Lipinski definition) is 5. The van der Waals surface area contributed by atoms with Gasteiger partial charge in [0.25, 0.3) is 0 Å². The van der Waals surface area contributed by atoms with Gasteiger partial charge in [-0.1, -0.05) is 42.3 Å². The lowest BCUT2D eigenvalue weighted by molar-refractivity contribution is -0.139. The van der Waals surface area contributed by atoms with E-state index in [0.29, 0.717) is 24.0 Å². The number of fused-ring (bicyclic) bond motifs is 1. The quantitative estimate of drug-likeness (QED) is 0.276. The molecule has 0 atom stereocenters. The van der Waals surface area contributed by atoms with Crippen molar-refractivity contribution in [1.82, 2.24) is 0 Å². The third kappa shape index (κ3) is 7.61. The fourth-order valence-electron chi connectivity index (χ4n) is 4.12. The molecule has 5 nitrogen and oxygen atoms in total. The first-order valence-electron chi connectivity index (χ1n) is 12.3. The van der Waals surface area contributed by atoms with Crippen LogP contribution in [0.2, 0.25) is 5.02 Å². The normalized spacial score (nSPS) is 12.2. The molecular weight excluding hydrogens is 508 g/mol. The van der Waals surface area contributed by atoms with Crippen LogP contribution in [0.15, 0.2) is 64.4 Å². The van der Waals surface area contributed by atoms with Gasteiger partial charge in [-0.05, 0) is 90.9 Å². The molecule has 0 saturated heterocycles. The second kappa shape index (κ2) is 13.3. The molecule has 3 aromatic carbocycles. The van der Waals surface area contributed by atoms with Crippen molar-refractivity contribution < 1.29 is 24.1 Å². The Morgan fingerprint density at radius 3 is 2.43 bits per heavy atom. The van der Waals surface area contributed by atoms with Gasteiger partial charge in [-0.2, -0.15) is 0 Å². The van der Waals surface area contributed by atoms with E-state index in [-0.39, 0.29) is 6.61 Å². The van der Waals surface area contributed by atoms with Crippen molar-refractivity contribution in [3.05, 3.63) is 76.3 Å². The SMILES string of the molecule is CCC#CCOc1cc(COc2ccc(Cl)cc2)ccc1Sc1ccc(OCC(=O)O)c2c1CCCC2. The minimum atomic E-state index is -0.976. The van der Waals surface area contributed by atoms with Crippen LogP contribution in [0, 0.1) is 11.8 Å². The van der Waals surface area contributed by atoms with E-state index < -0.39 is 5.97 Å². The van der Waals surface area contributed by atoms with Crippen LogP contribution in [0.4, 0.5) is 0 Å². The number of carboxylic acids is 1. The minimum Gasteiger partial charge on any atom is -0.489 e. The number of aliphatic carboxylic acids is 1. The highest BCUT2D eigenvalue weighted by molar-refractivity contribution is 7.99. The van der Waals surface area contributed by atoms with Crippen molar-refractivity contribution in [2.75, 3.05) is 13.2 Å². The zero-order valence-electron chi connectivity index (χ0n) is 20.7. The number of carbonyl (C=O) groups is 1. The summed E-state index contributed by atoms with van der Waals surface area (Å²) in [4.78, 5) is 13.1. The zero-order valence-corrected chi connectivity index (χ0v) is 22.3. The van der Waals surface area contributed by atoms with Crippen molar-refractivity contribution in [3.8, 4) is 29.1 Å². The van der Waals surface area contributed by atoms with Crippen LogP contribution in [-0.4, -0.2) is 24.3 Å². The third-order valence-corrected chi connectivity index (χ3v) is 7.26. The number of rotatable bonds is 10. The standard InChI is InChI=1S/C30H29ClO5S/c1-2-3-6-17-34-27-18-21(19-35-23-12-10-22(31)11-13-23)9-15-29(27)37-28-16-14-26(36-20-30(32)33)24-7-4-5-8-25(24)28/h9-16,18H,2,4-5,7-8,17,19-20H2,1H3,(H,32,33). The van der Waals surface area contributed by atoms with Crippen LogP contribution >= 0.6 is 23.4 Å². The Labute approximate surface area is 227 Å². The molecule has 0 radical (unpaired) electrons. The highest BCUT2D eigenvalue weighted by atomic mass is 35.5. The van der Waals surface area contributed by atoms with Gasteiger partial charge in [0.15, 0.2) is 6.61 Å². The van der Waals surface area contributed by atoms with Crippen LogP contribution in [-0.2, 0) is 24.2 Å². The van der Waals surface area contributed by atoms with Crippen LogP contribution in [0.5, 0.6) is 17.2 Å². The molecule has 0 bridgehead atoms. The van der Waals surface area contributed by atoms with E-state index in [1.807, 2.05) is 43.3 Å². The molecule has 37 heavy (non-hydrogen) atoms. The number of benzene rings is 3. The smallest absolute Gasteiger partial charge is 0.341 e. The van der Waals surface area contributed by atoms with Gasteiger partial charge in [0.2, 0.25) is 0 Å². The maximum Gasteiger partial charge on any atom is 0.341 e. The number of carboxylic acid groups (broad SMARTS) is 1. The van der Waals surface area contributed by atoms with Gasteiger partial charge < -0.3 is 19.3 Å². The fraction of sp³-hybridized carbons (Fsp3) is 0.300. The molecule has 0 spiro atoms. The summed E-state index contributed by atoms with van der Waals surface area (Å²) in [6.45, 7) is 2.38. The number of hydrogen-bond donors (Lipinski definition) is 1. The Kier molecular flexibility index (Phi) is 9.65. The molecule has 0 heterocycles. The molecule has 7 heteroatoms. The second-order valence-electron chi connectivity index (χ2n) is 8.53. The molecular formula is C30H29ClO5S. The van der Waals surface area contributed by atoms with Crippen molar-refractivity contribution in [3.63, 3.8) is 0 Å². The van der Waals surface area contributed by atoms with Crippen LogP contribution in [0.1, 0.15) is 42.9 Å². The van der Waals surface area contributed by atoms with E-state index in [4.69, 9.17) is 30.9 Å². The largest absolute Gasteiger partial charge is 0.489 e. The fourth-order valence-corrected chi connectivity index (χ4v) is 5.32. The minimum absolute atomic E-state index is 0.309.